The normalized spacial score (nSPS) is 10.4. The number of hydrogen-bond donors (Lipinski definition) is 0. The minimum absolute atomic E-state index is 0.781. The molecule has 0 atom stereocenters. The van der Waals surface area contributed by atoms with Gasteiger partial charge in [0, 0.05) is 4.90 Å². The number of benzene rings is 1. The lowest BCUT2D eigenvalue weighted by Crippen LogP contribution is -1.79. The molecule has 0 unspecified atom stereocenters. The second kappa shape index (κ2) is 4.09. The summed E-state index contributed by atoms with van der Waals surface area (Å²) >= 11 is 5.71. The average molecular weight is 331 g/mol. The number of thioether (sulfide) groups is 1. The standard InChI is InChI=1S/C10H6INS2/c1-13-9-7(5-12)3-2-6-4-8(11)14-10(6)9/h2-4H,1H3. The van der Waals surface area contributed by atoms with Crippen LogP contribution in [0.1, 0.15) is 5.56 Å². The molecule has 14 heavy (non-hydrogen) atoms. The van der Waals surface area contributed by atoms with Crippen molar-refractivity contribution in [1.29, 1.82) is 5.26 Å². The van der Waals surface area contributed by atoms with Gasteiger partial charge in [0.05, 0.1) is 13.1 Å². The molecule has 0 fully saturated rings. The number of rotatable bonds is 1. The first-order valence-corrected chi connectivity index (χ1v) is 7.04. The number of halogens is 1. The van der Waals surface area contributed by atoms with Crippen LogP contribution < -0.4 is 0 Å². The first-order valence-electron chi connectivity index (χ1n) is 3.92. The molecule has 0 amide bonds. The molecule has 0 saturated carbocycles. The number of fused-ring (bicyclic) bond motifs is 1. The third kappa shape index (κ3) is 1.64. The zero-order chi connectivity index (χ0) is 10.1. The minimum Gasteiger partial charge on any atom is -0.192 e. The van der Waals surface area contributed by atoms with Crippen molar-refractivity contribution in [3.05, 3.63) is 26.6 Å². The van der Waals surface area contributed by atoms with Crippen LogP contribution in [0.15, 0.2) is 23.1 Å². The van der Waals surface area contributed by atoms with Gasteiger partial charge in [0.15, 0.2) is 0 Å². The van der Waals surface area contributed by atoms with Crippen LogP contribution >= 0.6 is 45.7 Å². The van der Waals surface area contributed by atoms with Crippen molar-refractivity contribution < 1.29 is 0 Å². The molecule has 0 spiro atoms. The highest BCUT2D eigenvalue weighted by atomic mass is 127. The van der Waals surface area contributed by atoms with E-state index >= 15 is 0 Å². The summed E-state index contributed by atoms with van der Waals surface area (Å²) < 4.78 is 2.50. The first kappa shape index (κ1) is 10.3. The van der Waals surface area contributed by atoms with Gasteiger partial charge in [-0.1, -0.05) is 6.07 Å². The molecule has 0 aliphatic carbocycles. The molecule has 0 aliphatic rings. The maximum absolute atomic E-state index is 8.96. The van der Waals surface area contributed by atoms with Crippen LogP contribution in [0.3, 0.4) is 0 Å². The fourth-order valence-electron chi connectivity index (χ4n) is 1.34. The van der Waals surface area contributed by atoms with Crippen molar-refractivity contribution in [2.45, 2.75) is 4.90 Å². The number of nitrogens with zero attached hydrogens (tertiary/aromatic N) is 1. The Labute approximate surface area is 104 Å². The molecular weight excluding hydrogens is 325 g/mol. The highest BCUT2D eigenvalue weighted by molar-refractivity contribution is 14.1. The second-order valence-corrected chi connectivity index (χ2v) is 6.49. The van der Waals surface area contributed by atoms with Crippen LogP contribution in [0.4, 0.5) is 0 Å². The summed E-state index contributed by atoms with van der Waals surface area (Å²) in [5.41, 5.74) is 0.781. The van der Waals surface area contributed by atoms with Gasteiger partial charge in [0.2, 0.25) is 0 Å². The molecule has 1 aromatic heterocycles. The summed E-state index contributed by atoms with van der Waals surface area (Å²) in [6.07, 6.45) is 2.02. The van der Waals surface area contributed by atoms with Crippen LogP contribution in [-0.2, 0) is 0 Å². The molecular formula is C10H6INS2. The van der Waals surface area contributed by atoms with Gasteiger partial charge >= 0.3 is 0 Å². The zero-order valence-electron chi connectivity index (χ0n) is 7.37. The zero-order valence-corrected chi connectivity index (χ0v) is 11.2. The van der Waals surface area contributed by atoms with Crippen molar-refractivity contribution in [2.24, 2.45) is 0 Å². The molecule has 2 aromatic rings. The van der Waals surface area contributed by atoms with Gasteiger partial charge in [-0.3, -0.25) is 0 Å². The van der Waals surface area contributed by atoms with E-state index in [4.69, 9.17) is 5.26 Å². The van der Waals surface area contributed by atoms with E-state index in [1.54, 1.807) is 23.1 Å². The van der Waals surface area contributed by atoms with E-state index in [-0.39, 0.29) is 0 Å². The number of nitriles is 1. The molecule has 4 heteroatoms. The summed E-state index contributed by atoms with van der Waals surface area (Å²) in [4.78, 5) is 1.11. The molecule has 70 valence electrons. The highest BCUT2D eigenvalue weighted by Crippen LogP contribution is 2.36. The van der Waals surface area contributed by atoms with Crippen molar-refractivity contribution >= 4 is 55.8 Å². The number of hydrogen-bond acceptors (Lipinski definition) is 3. The number of thiophene rings is 1. The Morgan fingerprint density at radius 3 is 2.93 bits per heavy atom. The Morgan fingerprint density at radius 1 is 1.50 bits per heavy atom. The molecule has 0 radical (unpaired) electrons. The molecule has 0 bridgehead atoms. The maximum atomic E-state index is 8.96. The van der Waals surface area contributed by atoms with Gasteiger partial charge in [-0.05, 0) is 46.4 Å². The summed E-state index contributed by atoms with van der Waals surface area (Å²) in [7, 11) is 0. The fourth-order valence-corrected chi connectivity index (χ4v) is 4.17. The molecule has 1 heterocycles. The van der Waals surface area contributed by atoms with E-state index in [1.165, 1.54) is 13.0 Å². The van der Waals surface area contributed by atoms with Crippen molar-refractivity contribution in [3.63, 3.8) is 0 Å². The van der Waals surface area contributed by atoms with Crippen LogP contribution in [0.25, 0.3) is 10.1 Å². The Hall–Kier alpha value is -0.250. The first-order chi connectivity index (χ1) is 6.76. The average Bonchev–Trinajstić information content (AvgIpc) is 2.56. The van der Waals surface area contributed by atoms with Crippen molar-refractivity contribution in [3.8, 4) is 6.07 Å². The lowest BCUT2D eigenvalue weighted by molar-refractivity contribution is 1.43. The molecule has 1 aromatic carbocycles. The monoisotopic (exact) mass is 331 g/mol. The predicted octanol–water partition coefficient (Wildman–Crippen LogP) is 4.10. The Morgan fingerprint density at radius 2 is 2.29 bits per heavy atom. The SMILES string of the molecule is CSc1c(C#N)ccc2cc(I)sc12. The van der Waals surface area contributed by atoms with Crippen LogP contribution in [0.2, 0.25) is 0 Å². The Kier molecular flexibility index (Phi) is 3.00. The van der Waals surface area contributed by atoms with E-state index in [9.17, 15) is 0 Å². The van der Waals surface area contributed by atoms with Gasteiger partial charge in [-0.2, -0.15) is 5.26 Å². The predicted molar refractivity (Wildman–Crippen MR) is 71.0 cm³/mol. The van der Waals surface area contributed by atoms with Crippen LogP contribution in [0, 0.1) is 14.2 Å². The third-order valence-corrected chi connectivity index (χ3v) is 4.83. The third-order valence-electron chi connectivity index (χ3n) is 1.94. The largest absolute Gasteiger partial charge is 0.192 e. The van der Waals surface area contributed by atoms with Gasteiger partial charge in [0.25, 0.3) is 0 Å². The minimum atomic E-state index is 0.781. The van der Waals surface area contributed by atoms with E-state index in [0.29, 0.717) is 0 Å². The lowest BCUT2D eigenvalue weighted by atomic mass is 10.2. The molecule has 0 aliphatic heterocycles. The molecule has 0 N–H and O–H groups in total. The van der Waals surface area contributed by atoms with Crippen molar-refractivity contribution in [2.75, 3.05) is 6.26 Å². The van der Waals surface area contributed by atoms with Crippen molar-refractivity contribution in [1.82, 2.24) is 0 Å². The summed E-state index contributed by atoms with van der Waals surface area (Å²) in [6, 6.07) is 8.31. The van der Waals surface area contributed by atoms with E-state index < -0.39 is 0 Å². The van der Waals surface area contributed by atoms with Crippen LogP contribution in [0.5, 0.6) is 0 Å². The summed E-state index contributed by atoms with van der Waals surface area (Å²) in [6.45, 7) is 0. The molecule has 1 nitrogen and oxygen atoms in total. The summed E-state index contributed by atoms with van der Waals surface area (Å²) in [5.74, 6) is 0. The second-order valence-electron chi connectivity index (χ2n) is 2.73. The van der Waals surface area contributed by atoms with Gasteiger partial charge < -0.3 is 0 Å². The summed E-state index contributed by atoms with van der Waals surface area (Å²) in [5, 5.41) is 10.2. The quantitative estimate of drug-likeness (QED) is 0.580. The van der Waals surface area contributed by atoms with Crippen LogP contribution in [-0.4, -0.2) is 6.26 Å². The Bertz CT molecular complexity index is 525. The highest BCUT2D eigenvalue weighted by Gasteiger charge is 2.08. The van der Waals surface area contributed by atoms with E-state index in [1.807, 2.05) is 18.4 Å². The van der Waals surface area contributed by atoms with E-state index in [0.717, 1.165) is 10.5 Å². The fraction of sp³-hybridized carbons (Fsp3) is 0.100. The lowest BCUT2D eigenvalue weighted by Gasteiger charge is -2.00. The maximum Gasteiger partial charge on any atom is 0.100 e. The van der Waals surface area contributed by atoms with Gasteiger partial charge in [-0.25, -0.2) is 0 Å². The van der Waals surface area contributed by atoms with Gasteiger partial charge in [0.1, 0.15) is 6.07 Å². The topological polar surface area (TPSA) is 23.8 Å². The smallest absolute Gasteiger partial charge is 0.100 e. The van der Waals surface area contributed by atoms with E-state index in [2.05, 4.69) is 34.7 Å². The Balaban J connectivity index is 2.84. The molecule has 2 rings (SSSR count). The molecule has 0 saturated heterocycles. The van der Waals surface area contributed by atoms with Gasteiger partial charge in [-0.15, -0.1) is 23.1 Å².